The molecule has 4 rings (SSSR count). The first-order valence-corrected chi connectivity index (χ1v) is 12.4. The molecular weight excluding hydrogens is 430 g/mol. The van der Waals surface area contributed by atoms with Crippen LogP contribution >= 0.6 is 23.1 Å². The number of nitrogens with one attached hydrogen (secondary N) is 1. The van der Waals surface area contributed by atoms with Gasteiger partial charge in [-0.05, 0) is 61.9 Å². The van der Waals surface area contributed by atoms with Gasteiger partial charge >= 0.3 is 5.97 Å². The van der Waals surface area contributed by atoms with Gasteiger partial charge in [0.1, 0.15) is 16.2 Å². The first kappa shape index (κ1) is 21.8. The lowest BCUT2D eigenvalue weighted by Crippen LogP contribution is -2.14. The zero-order chi connectivity index (χ0) is 21.6. The highest BCUT2D eigenvalue weighted by atomic mass is 32.2. The zero-order valence-corrected chi connectivity index (χ0v) is 19.1. The highest BCUT2D eigenvalue weighted by Gasteiger charge is 2.20. The van der Waals surface area contributed by atoms with Crippen molar-refractivity contribution in [2.24, 2.45) is 0 Å². The summed E-state index contributed by atoms with van der Waals surface area (Å²) in [7, 11) is 0. The minimum Gasteiger partial charge on any atom is -0.462 e. The number of unbranched alkanes of at least 4 members (excludes halogenated alkanes) is 1. The molecule has 0 aliphatic heterocycles. The number of fused-ring (bicyclic) bond motifs is 3. The molecule has 0 saturated carbocycles. The predicted octanol–water partition coefficient (Wildman–Crippen LogP) is 5.26. The van der Waals surface area contributed by atoms with Crippen molar-refractivity contribution in [1.82, 2.24) is 9.97 Å². The van der Waals surface area contributed by atoms with Crippen LogP contribution in [0, 0.1) is 0 Å². The van der Waals surface area contributed by atoms with Gasteiger partial charge in [-0.3, -0.25) is 4.79 Å². The molecule has 0 saturated heterocycles. The van der Waals surface area contributed by atoms with Crippen LogP contribution in [0.5, 0.6) is 0 Å². The molecule has 2 heterocycles. The lowest BCUT2D eigenvalue weighted by molar-refractivity contribution is -0.113. The molecule has 31 heavy (non-hydrogen) atoms. The number of hydrogen-bond donors (Lipinski definition) is 1. The van der Waals surface area contributed by atoms with E-state index in [0.29, 0.717) is 17.9 Å². The molecule has 1 aliphatic rings. The Bertz CT molecular complexity index is 1080. The summed E-state index contributed by atoms with van der Waals surface area (Å²) in [4.78, 5) is 35.8. The number of nitrogens with zero attached hydrogens (tertiary/aromatic N) is 2. The third-order valence-electron chi connectivity index (χ3n) is 5.19. The topological polar surface area (TPSA) is 81.2 Å². The van der Waals surface area contributed by atoms with Crippen LogP contribution in [0.3, 0.4) is 0 Å². The number of esters is 1. The van der Waals surface area contributed by atoms with E-state index in [4.69, 9.17) is 4.74 Å². The second kappa shape index (κ2) is 10.2. The summed E-state index contributed by atoms with van der Waals surface area (Å²) in [6, 6.07) is 6.78. The molecule has 0 fully saturated rings. The van der Waals surface area contributed by atoms with Crippen molar-refractivity contribution in [3.63, 3.8) is 0 Å². The summed E-state index contributed by atoms with van der Waals surface area (Å²) in [5.41, 5.74) is 2.50. The maximum absolute atomic E-state index is 12.5. The van der Waals surface area contributed by atoms with E-state index in [-0.39, 0.29) is 17.6 Å². The predicted molar refractivity (Wildman–Crippen MR) is 125 cm³/mol. The minimum atomic E-state index is -0.339. The fourth-order valence-corrected chi connectivity index (χ4v) is 5.70. The van der Waals surface area contributed by atoms with Crippen LogP contribution in [0.4, 0.5) is 5.69 Å². The van der Waals surface area contributed by atoms with Gasteiger partial charge in [0.2, 0.25) is 5.91 Å². The Morgan fingerprint density at radius 2 is 1.97 bits per heavy atom. The lowest BCUT2D eigenvalue weighted by atomic mass is 9.97. The van der Waals surface area contributed by atoms with Gasteiger partial charge in [0.15, 0.2) is 0 Å². The standard InChI is InChI=1S/C23H25N3O3S2/c1-2-3-12-29-23(28)15-8-10-16(11-9-15)26-19(27)13-30-21-20-17-6-4-5-7-18(17)31-22(20)25-14-24-21/h8-11,14H,2-7,12-13H2,1H3,(H,26,27). The molecule has 6 nitrogen and oxygen atoms in total. The van der Waals surface area contributed by atoms with Gasteiger partial charge in [-0.15, -0.1) is 11.3 Å². The molecule has 2 aromatic heterocycles. The molecule has 0 bridgehead atoms. The Balaban J connectivity index is 1.36. The number of carbonyl (C=O) groups is 2. The number of thiophene rings is 1. The van der Waals surface area contributed by atoms with E-state index < -0.39 is 0 Å². The van der Waals surface area contributed by atoms with Gasteiger partial charge in [-0.2, -0.15) is 0 Å². The summed E-state index contributed by atoms with van der Waals surface area (Å²) in [6.45, 7) is 2.47. The summed E-state index contributed by atoms with van der Waals surface area (Å²) in [5, 5.41) is 4.89. The molecule has 1 aliphatic carbocycles. The van der Waals surface area contributed by atoms with Crippen LogP contribution < -0.4 is 5.32 Å². The summed E-state index contributed by atoms with van der Waals surface area (Å²) in [6.07, 6.45) is 8.02. The Hall–Kier alpha value is -2.45. The van der Waals surface area contributed by atoms with Crippen molar-refractivity contribution >= 4 is 50.9 Å². The lowest BCUT2D eigenvalue weighted by Gasteiger charge is -2.11. The van der Waals surface area contributed by atoms with Gasteiger partial charge < -0.3 is 10.1 Å². The number of rotatable bonds is 8. The molecule has 1 N–H and O–H groups in total. The third kappa shape index (κ3) is 5.25. The fourth-order valence-electron chi connectivity index (χ4n) is 3.58. The molecule has 0 atom stereocenters. The number of aromatic nitrogens is 2. The van der Waals surface area contributed by atoms with Crippen molar-refractivity contribution in [2.75, 3.05) is 17.7 Å². The number of thioether (sulfide) groups is 1. The first-order valence-electron chi connectivity index (χ1n) is 10.6. The maximum atomic E-state index is 12.5. The average Bonchev–Trinajstić information content (AvgIpc) is 3.17. The summed E-state index contributed by atoms with van der Waals surface area (Å²) in [5.74, 6) is -0.190. The Morgan fingerprint density at radius 3 is 2.77 bits per heavy atom. The molecule has 162 valence electrons. The van der Waals surface area contributed by atoms with Crippen LogP contribution in [0.25, 0.3) is 10.2 Å². The van der Waals surface area contributed by atoms with E-state index in [1.54, 1.807) is 41.9 Å². The number of benzene rings is 1. The number of amides is 1. The quantitative estimate of drug-likeness (QED) is 0.216. The number of ether oxygens (including phenoxy) is 1. The SMILES string of the molecule is CCCCOC(=O)c1ccc(NC(=O)CSc2ncnc3sc4c(c23)CCCC4)cc1. The van der Waals surface area contributed by atoms with Crippen LogP contribution in [-0.2, 0) is 22.4 Å². The molecule has 0 spiro atoms. The largest absolute Gasteiger partial charge is 0.462 e. The van der Waals surface area contributed by atoms with Crippen molar-refractivity contribution in [3.8, 4) is 0 Å². The highest BCUT2D eigenvalue weighted by molar-refractivity contribution is 8.00. The van der Waals surface area contributed by atoms with Crippen LogP contribution in [0.15, 0.2) is 35.6 Å². The van der Waals surface area contributed by atoms with Crippen molar-refractivity contribution in [2.45, 2.75) is 50.5 Å². The minimum absolute atomic E-state index is 0.112. The maximum Gasteiger partial charge on any atom is 0.338 e. The molecule has 3 aromatic rings. The van der Waals surface area contributed by atoms with Gasteiger partial charge in [0.25, 0.3) is 0 Å². The number of carbonyl (C=O) groups excluding carboxylic acids is 2. The monoisotopic (exact) mass is 455 g/mol. The molecule has 0 radical (unpaired) electrons. The first-order chi connectivity index (χ1) is 15.2. The second-order valence-electron chi connectivity index (χ2n) is 7.47. The molecule has 1 amide bonds. The molecule has 8 heteroatoms. The van der Waals surface area contributed by atoms with E-state index in [0.717, 1.165) is 40.9 Å². The molecular formula is C23H25N3O3S2. The highest BCUT2D eigenvalue weighted by Crippen LogP contribution is 2.39. The summed E-state index contributed by atoms with van der Waals surface area (Å²) >= 11 is 3.20. The number of hydrogen-bond acceptors (Lipinski definition) is 7. The Labute approximate surface area is 189 Å². The van der Waals surface area contributed by atoms with Crippen molar-refractivity contribution < 1.29 is 14.3 Å². The van der Waals surface area contributed by atoms with E-state index in [1.807, 2.05) is 6.92 Å². The van der Waals surface area contributed by atoms with E-state index >= 15 is 0 Å². The third-order valence-corrected chi connectivity index (χ3v) is 7.38. The van der Waals surface area contributed by atoms with Gasteiger partial charge in [0.05, 0.1) is 17.9 Å². The number of anilines is 1. The van der Waals surface area contributed by atoms with Crippen LogP contribution in [0.1, 0.15) is 53.4 Å². The smallest absolute Gasteiger partial charge is 0.338 e. The number of aryl methyl sites for hydroxylation is 2. The Morgan fingerprint density at radius 1 is 1.16 bits per heavy atom. The molecule has 1 aromatic carbocycles. The van der Waals surface area contributed by atoms with Crippen LogP contribution in [0.2, 0.25) is 0 Å². The van der Waals surface area contributed by atoms with E-state index in [9.17, 15) is 9.59 Å². The van der Waals surface area contributed by atoms with Gasteiger partial charge in [-0.1, -0.05) is 25.1 Å². The second-order valence-corrected chi connectivity index (χ2v) is 9.52. The van der Waals surface area contributed by atoms with Gasteiger partial charge in [0, 0.05) is 16.0 Å². The van der Waals surface area contributed by atoms with Crippen molar-refractivity contribution in [1.29, 1.82) is 0 Å². The van der Waals surface area contributed by atoms with E-state index in [1.165, 1.54) is 35.0 Å². The average molecular weight is 456 g/mol. The van der Waals surface area contributed by atoms with Gasteiger partial charge in [-0.25, -0.2) is 14.8 Å². The van der Waals surface area contributed by atoms with Crippen LogP contribution in [-0.4, -0.2) is 34.2 Å². The fraction of sp³-hybridized carbons (Fsp3) is 0.391. The normalized spacial score (nSPS) is 13.1. The zero-order valence-electron chi connectivity index (χ0n) is 17.5. The summed E-state index contributed by atoms with van der Waals surface area (Å²) < 4.78 is 5.20. The Kier molecular flexibility index (Phi) is 7.19. The van der Waals surface area contributed by atoms with Crippen molar-refractivity contribution in [3.05, 3.63) is 46.6 Å². The molecule has 0 unspecified atom stereocenters. The van der Waals surface area contributed by atoms with E-state index in [2.05, 4.69) is 15.3 Å².